The van der Waals surface area contributed by atoms with Crippen LogP contribution in [0.1, 0.15) is 98.3 Å². The Morgan fingerprint density at radius 2 is 1.69 bits per heavy atom. The van der Waals surface area contributed by atoms with E-state index in [1.165, 1.54) is 24.8 Å². The number of piperazine rings is 1. The summed E-state index contributed by atoms with van der Waals surface area (Å²) in [6.07, 6.45) is 11.6. The molecule has 230 valence electrons. The summed E-state index contributed by atoms with van der Waals surface area (Å²) in [5, 5.41) is 4.26. The van der Waals surface area contributed by atoms with Gasteiger partial charge in [-0.25, -0.2) is 0 Å². The molecule has 1 amide bonds. The number of fused-ring (bicyclic) bond motifs is 8. The second-order valence-corrected chi connectivity index (χ2v) is 16.9. The molecule has 0 unspecified atom stereocenters. The van der Waals surface area contributed by atoms with Crippen LogP contribution in [0.2, 0.25) is 0 Å². The van der Waals surface area contributed by atoms with Gasteiger partial charge in [-0.15, -0.1) is 0 Å². The fourth-order valence-corrected chi connectivity index (χ4v) is 12.2. The van der Waals surface area contributed by atoms with E-state index in [2.05, 4.69) is 76.5 Å². The fraction of sp³-hybridized carbons (Fsp3) is 0.806. The standard InChI is InChI=1S/C36H53N3O3/c1-22-9-11-32(3)13-14-34(5)25(28(32)23(22)2)19-26(40)29-33(4)20-24-21-37-42-30(24)36(7,27(33)10-12-35(29,34)6)31(41)39-17-15-38(8)16-18-39/h19,21-23,27-29H,9-18,20H2,1-8H3/t22-,23+,27-,28+,29-,32-,33+,34-,35-,36-/m1/s1. The molecule has 5 aliphatic carbocycles. The minimum absolute atomic E-state index is 0.0121. The van der Waals surface area contributed by atoms with E-state index < -0.39 is 5.41 Å². The van der Waals surface area contributed by atoms with E-state index in [1.807, 2.05) is 6.20 Å². The Labute approximate surface area is 253 Å². The number of hydrogen-bond acceptors (Lipinski definition) is 5. The molecule has 0 radical (unpaired) electrons. The molecule has 1 aromatic heterocycles. The summed E-state index contributed by atoms with van der Waals surface area (Å²) in [7, 11) is 2.12. The predicted octanol–water partition coefficient (Wildman–Crippen LogP) is 6.30. The predicted molar refractivity (Wildman–Crippen MR) is 164 cm³/mol. The molecule has 6 nitrogen and oxygen atoms in total. The molecule has 3 saturated carbocycles. The lowest BCUT2D eigenvalue weighted by Crippen LogP contribution is -2.68. The van der Waals surface area contributed by atoms with Crippen LogP contribution in [0.15, 0.2) is 22.4 Å². The summed E-state index contributed by atoms with van der Waals surface area (Å²) >= 11 is 0. The van der Waals surface area contributed by atoms with E-state index in [0.29, 0.717) is 23.5 Å². The summed E-state index contributed by atoms with van der Waals surface area (Å²) < 4.78 is 5.98. The van der Waals surface area contributed by atoms with Crippen molar-refractivity contribution in [2.45, 2.75) is 98.8 Å². The van der Waals surface area contributed by atoms with Gasteiger partial charge >= 0.3 is 0 Å². The highest BCUT2D eigenvalue weighted by molar-refractivity contribution is 5.96. The second-order valence-electron chi connectivity index (χ2n) is 16.9. The number of rotatable bonds is 1. The Morgan fingerprint density at radius 3 is 2.40 bits per heavy atom. The number of hydrogen-bond donors (Lipinski definition) is 0. The number of likely N-dealkylation sites (N-methyl/N-ethyl adjacent to an activating group) is 1. The molecule has 6 aliphatic rings. The summed E-state index contributed by atoms with van der Waals surface area (Å²) in [5.74, 6) is 2.90. The van der Waals surface area contributed by atoms with Gasteiger partial charge in [0, 0.05) is 37.7 Å². The quantitative estimate of drug-likeness (QED) is 0.393. The van der Waals surface area contributed by atoms with E-state index >= 15 is 0 Å². The molecule has 0 aromatic carbocycles. The third-order valence-corrected chi connectivity index (χ3v) is 15.0. The minimum Gasteiger partial charge on any atom is -0.360 e. The van der Waals surface area contributed by atoms with Crippen LogP contribution in [0.25, 0.3) is 0 Å². The number of nitrogens with zero attached hydrogens (tertiary/aromatic N) is 3. The third-order valence-electron chi connectivity index (χ3n) is 15.0. The van der Waals surface area contributed by atoms with Crippen LogP contribution >= 0.6 is 0 Å². The van der Waals surface area contributed by atoms with Crippen molar-refractivity contribution in [2.75, 3.05) is 33.2 Å². The molecule has 42 heavy (non-hydrogen) atoms. The summed E-state index contributed by atoms with van der Waals surface area (Å²) in [5.41, 5.74) is 1.46. The molecule has 0 spiro atoms. The van der Waals surface area contributed by atoms with Gasteiger partial charge < -0.3 is 14.3 Å². The number of carbonyl (C=O) groups is 2. The minimum atomic E-state index is -0.820. The highest BCUT2D eigenvalue weighted by Gasteiger charge is 2.72. The lowest BCUT2D eigenvalue weighted by molar-refractivity contribution is -0.181. The van der Waals surface area contributed by atoms with Crippen molar-refractivity contribution in [1.29, 1.82) is 0 Å². The summed E-state index contributed by atoms with van der Waals surface area (Å²) in [4.78, 5) is 33.8. The van der Waals surface area contributed by atoms with Crippen LogP contribution in [0, 0.1) is 51.2 Å². The van der Waals surface area contributed by atoms with Gasteiger partial charge in [0.05, 0.1) is 6.20 Å². The van der Waals surface area contributed by atoms with Crippen molar-refractivity contribution in [3.63, 3.8) is 0 Å². The Bertz CT molecular complexity index is 1340. The smallest absolute Gasteiger partial charge is 0.236 e. The van der Waals surface area contributed by atoms with Crippen LogP contribution in [0.5, 0.6) is 0 Å². The Hall–Kier alpha value is -1.95. The van der Waals surface area contributed by atoms with E-state index in [1.54, 1.807) is 0 Å². The molecule has 2 heterocycles. The second kappa shape index (κ2) is 9.05. The SMILES string of the molecule is C[C@H]1[C@H](C)CC[C@]2(C)CC[C@]3(C)C(=CC(=O)[C@@H]4[C@@]5(C)Cc6cnoc6[C@](C)(C(=O)N6CCN(C)CC6)[C@@H]5CC[C@]43C)[C@H]12. The molecule has 10 atom stereocenters. The van der Waals surface area contributed by atoms with Gasteiger partial charge in [-0.1, -0.05) is 52.3 Å². The van der Waals surface area contributed by atoms with E-state index in [4.69, 9.17) is 4.52 Å². The average Bonchev–Trinajstić information content (AvgIpc) is 3.41. The highest BCUT2D eigenvalue weighted by atomic mass is 16.5. The fourth-order valence-electron chi connectivity index (χ4n) is 12.2. The zero-order valence-corrected chi connectivity index (χ0v) is 27.4. The van der Waals surface area contributed by atoms with Crippen molar-refractivity contribution in [3.8, 4) is 0 Å². The van der Waals surface area contributed by atoms with E-state index in [0.717, 1.165) is 63.2 Å². The first-order valence-corrected chi connectivity index (χ1v) is 16.9. The van der Waals surface area contributed by atoms with Gasteiger partial charge in [0.2, 0.25) is 5.91 Å². The molecule has 4 fully saturated rings. The van der Waals surface area contributed by atoms with Gasteiger partial charge in [-0.2, -0.15) is 0 Å². The van der Waals surface area contributed by atoms with Gasteiger partial charge in [-0.05, 0) is 110 Å². The van der Waals surface area contributed by atoms with Crippen LogP contribution in [-0.2, 0) is 21.4 Å². The topological polar surface area (TPSA) is 66.7 Å². The molecule has 1 saturated heterocycles. The van der Waals surface area contributed by atoms with Crippen molar-refractivity contribution >= 4 is 11.7 Å². The van der Waals surface area contributed by atoms with Crippen molar-refractivity contribution in [2.24, 2.45) is 51.2 Å². The molecular weight excluding hydrogens is 522 g/mol. The molecule has 1 aromatic rings. The normalized spacial score (nSPS) is 48.8. The highest BCUT2D eigenvalue weighted by Crippen LogP contribution is 2.74. The molecule has 0 bridgehead atoms. The van der Waals surface area contributed by atoms with Crippen LogP contribution < -0.4 is 0 Å². The van der Waals surface area contributed by atoms with E-state index in [-0.39, 0.29) is 39.4 Å². The Morgan fingerprint density at radius 1 is 0.976 bits per heavy atom. The zero-order chi connectivity index (χ0) is 30.0. The Balaban J connectivity index is 1.34. The largest absolute Gasteiger partial charge is 0.360 e. The number of allylic oxidation sites excluding steroid dienone is 2. The maximum absolute atomic E-state index is 14.8. The van der Waals surface area contributed by atoms with Gasteiger partial charge in [0.15, 0.2) is 11.5 Å². The number of amides is 1. The van der Waals surface area contributed by atoms with Crippen molar-refractivity contribution in [1.82, 2.24) is 15.0 Å². The Kier molecular flexibility index (Phi) is 6.20. The molecule has 6 heteroatoms. The maximum atomic E-state index is 14.8. The maximum Gasteiger partial charge on any atom is 0.236 e. The monoisotopic (exact) mass is 575 g/mol. The third kappa shape index (κ3) is 3.45. The van der Waals surface area contributed by atoms with Crippen LogP contribution in [0.4, 0.5) is 0 Å². The van der Waals surface area contributed by atoms with Gasteiger partial charge in [0.1, 0.15) is 5.41 Å². The zero-order valence-electron chi connectivity index (χ0n) is 27.4. The molecule has 7 rings (SSSR count). The van der Waals surface area contributed by atoms with Crippen molar-refractivity contribution < 1.29 is 14.1 Å². The lowest BCUT2D eigenvalue weighted by Gasteiger charge is -2.70. The average molecular weight is 576 g/mol. The summed E-state index contributed by atoms with van der Waals surface area (Å²) in [6, 6.07) is 0. The van der Waals surface area contributed by atoms with Gasteiger partial charge in [-0.3, -0.25) is 9.59 Å². The van der Waals surface area contributed by atoms with Crippen LogP contribution in [-0.4, -0.2) is 59.9 Å². The number of aromatic nitrogens is 1. The lowest BCUT2D eigenvalue weighted by atomic mass is 9.33. The van der Waals surface area contributed by atoms with Crippen molar-refractivity contribution in [3.05, 3.63) is 29.2 Å². The number of carbonyl (C=O) groups excluding carboxylic acids is 2. The first kappa shape index (κ1) is 28.8. The number of ketones is 1. The molecule has 0 N–H and O–H groups in total. The summed E-state index contributed by atoms with van der Waals surface area (Å²) in [6.45, 7) is 20.1. The van der Waals surface area contributed by atoms with E-state index in [9.17, 15) is 9.59 Å². The first-order chi connectivity index (χ1) is 19.7. The molecular formula is C36H53N3O3. The van der Waals surface area contributed by atoms with Crippen LogP contribution in [0.3, 0.4) is 0 Å². The van der Waals surface area contributed by atoms with Gasteiger partial charge in [0.25, 0.3) is 0 Å². The first-order valence-electron chi connectivity index (χ1n) is 16.9. The molecule has 1 aliphatic heterocycles.